The highest BCUT2D eigenvalue weighted by Gasteiger charge is 2.28. The fraction of sp³-hybridized carbons (Fsp3) is 0.417. The topological polar surface area (TPSA) is 49.3 Å². The van der Waals surface area contributed by atoms with E-state index in [0.717, 1.165) is 10.0 Å². The lowest BCUT2D eigenvalue weighted by Gasteiger charge is -2.32. The van der Waals surface area contributed by atoms with E-state index in [2.05, 4.69) is 21.2 Å². The Morgan fingerprint density at radius 3 is 2.81 bits per heavy atom. The van der Waals surface area contributed by atoms with Gasteiger partial charge in [0.25, 0.3) is 5.91 Å². The Morgan fingerprint density at radius 1 is 1.50 bits per heavy atom. The number of nitrogens with one attached hydrogen (secondary N) is 1. The number of aliphatic hydroxyl groups is 1. The van der Waals surface area contributed by atoms with Crippen molar-refractivity contribution in [2.75, 3.05) is 0 Å². The van der Waals surface area contributed by atoms with Crippen molar-refractivity contribution in [3.63, 3.8) is 0 Å². The first-order valence-corrected chi connectivity index (χ1v) is 6.11. The zero-order valence-corrected chi connectivity index (χ0v) is 10.6. The summed E-state index contributed by atoms with van der Waals surface area (Å²) in [6.07, 6.45) is 1.09. The molecule has 1 aliphatic carbocycles. The average Bonchev–Trinajstić information content (AvgIpc) is 2.19. The molecular weight excluding hydrogens is 270 g/mol. The number of benzene rings is 1. The van der Waals surface area contributed by atoms with Gasteiger partial charge in [-0.05, 0) is 37.5 Å². The van der Waals surface area contributed by atoms with E-state index in [9.17, 15) is 4.79 Å². The molecule has 3 nitrogen and oxygen atoms in total. The average molecular weight is 284 g/mol. The van der Waals surface area contributed by atoms with Gasteiger partial charge in [0.1, 0.15) is 0 Å². The number of carbonyl (C=O) groups excluding carboxylic acids is 1. The van der Waals surface area contributed by atoms with E-state index < -0.39 is 0 Å². The van der Waals surface area contributed by atoms with Gasteiger partial charge >= 0.3 is 0 Å². The van der Waals surface area contributed by atoms with E-state index >= 15 is 0 Å². The molecule has 1 aromatic carbocycles. The first-order chi connectivity index (χ1) is 7.58. The van der Waals surface area contributed by atoms with Crippen LogP contribution in [0.15, 0.2) is 22.7 Å². The van der Waals surface area contributed by atoms with E-state index in [0.29, 0.717) is 18.4 Å². The van der Waals surface area contributed by atoms with E-state index in [-0.39, 0.29) is 18.1 Å². The molecule has 0 atom stereocenters. The van der Waals surface area contributed by atoms with Crippen molar-refractivity contribution in [2.45, 2.75) is 31.9 Å². The predicted molar refractivity (Wildman–Crippen MR) is 65.4 cm³/mol. The summed E-state index contributed by atoms with van der Waals surface area (Å²) < 4.78 is 0.939. The fourth-order valence-corrected chi connectivity index (χ4v) is 2.19. The molecule has 1 aromatic rings. The van der Waals surface area contributed by atoms with Gasteiger partial charge in [0.15, 0.2) is 0 Å². The molecule has 1 fully saturated rings. The predicted octanol–water partition coefficient (Wildman–Crippen LogP) is 2.01. The van der Waals surface area contributed by atoms with E-state index in [1.807, 2.05) is 25.1 Å². The van der Waals surface area contributed by atoms with Crippen LogP contribution in [0.1, 0.15) is 28.8 Å². The van der Waals surface area contributed by atoms with Gasteiger partial charge in [-0.1, -0.05) is 22.0 Å². The lowest BCUT2D eigenvalue weighted by molar-refractivity contribution is 0.0562. The molecule has 2 rings (SSSR count). The number of hydrogen-bond acceptors (Lipinski definition) is 2. The van der Waals surface area contributed by atoms with E-state index in [1.54, 1.807) is 0 Å². The van der Waals surface area contributed by atoms with Crippen LogP contribution in [0.4, 0.5) is 0 Å². The monoisotopic (exact) mass is 283 g/mol. The van der Waals surface area contributed by atoms with Crippen LogP contribution in [-0.4, -0.2) is 23.2 Å². The van der Waals surface area contributed by atoms with Crippen LogP contribution >= 0.6 is 15.9 Å². The molecule has 0 bridgehead atoms. The summed E-state index contributed by atoms with van der Waals surface area (Å²) in [4.78, 5) is 11.9. The maximum Gasteiger partial charge on any atom is 0.251 e. The number of rotatable bonds is 2. The van der Waals surface area contributed by atoms with Gasteiger partial charge in [-0.25, -0.2) is 0 Å². The van der Waals surface area contributed by atoms with Crippen LogP contribution in [0.5, 0.6) is 0 Å². The van der Waals surface area contributed by atoms with Gasteiger partial charge in [0.2, 0.25) is 0 Å². The number of aliphatic hydroxyl groups excluding tert-OH is 1. The largest absolute Gasteiger partial charge is 0.393 e. The molecule has 1 aliphatic rings. The quantitative estimate of drug-likeness (QED) is 0.872. The van der Waals surface area contributed by atoms with Gasteiger partial charge in [-0.2, -0.15) is 0 Å². The maximum absolute atomic E-state index is 11.9. The molecule has 0 saturated heterocycles. The minimum absolute atomic E-state index is 0.0595. The summed E-state index contributed by atoms with van der Waals surface area (Å²) in [5, 5.41) is 12.1. The molecule has 0 spiro atoms. The van der Waals surface area contributed by atoms with Gasteiger partial charge in [-0.3, -0.25) is 4.79 Å². The molecule has 1 amide bonds. The molecule has 0 unspecified atom stereocenters. The molecule has 0 radical (unpaired) electrons. The van der Waals surface area contributed by atoms with Gasteiger partial charge in [0, 0.05) is 16.1 Å². The lowest BCUT2D eigenvalue weighted by atomic mass is 9.89. The number of halogens is 1. The zero-order chi connectivity index (χ0) is 11.7. The minimum atomic E-state index is -0.242. The molecule has 16 heavy (non-hydrogen) atoms. The SMILES string of the molecule is Cc1c(Br)cccc1C(=O)NC1CC(O)C1. The smallest absolute Gasteiger partial charge is 0.251 e. The van der Waals surface area contributed by atoms with E-state index in [1.165, 1.54) is 0 Å². The van der Waals surface area contributed by atoms with Crippen molar-refractivity contribution in [1.29, 1.82) is 0 Å². The molecule has 86 valence electrons. The third kappa shape index (κ3) is 2.28. The van der Waals surface area contributed by atoms with Crippen molar-refractivity contribution in [1.82, 2.24) is 5.32 Å². The number of hydrogen-bond donors (Lipinski definition) is 2. The Labute approximate surface area is 103 Å². The summed E-state index contributed by atoms with van der Waals surface area (Å²) >= 11 is 3.40. The first kappa shape index (κ1) is 11.6. The van der Waals surface area contributed by atoms with Crippen molar-refractivity contribution >= 4 is 21.8 Å². The van der Waals surface area contributed by atoms with Crippen molar-refractivity contribution in [2.24, 2.45) is 0 Å². The second-order valence-electron chi connectivity index (χ2n) is 4.21. The van der Waals surface area contributed by atoms with Crippen LogP contribution in [0.25, 0.3) is 0 Å². The summed E-state index contributed by atoms with van der Waals surface area (Å²) in [5.41, 5.74) is 1.63. The van der Waals surface area contributed by atoms with Crippen LogP contribution < -0.4 is 5.32 Å². The third-order valence-electron chi connectivity index (χ3n) is 2.96. The normalized spacial score (nSPS) is 23.7. The summed E-state index contributed by atoms with van der Waals surface area (Å²) in [6.45, 7) is 1.91. The Bertz CT molecular complexity index is 413. The first-order valence-electron chi connectivity index (χ1n) is 5.32. The zero-order valence-electron chi connectivity index (χ0n) is 9.03. The van der Waals surface area contributed by atoms with Crippen LogP contribution in [0, 0.1) is 6.92 Å². The second kappa shape index (κ2) is 4.55. The maximum atomic E-state index is 11.9. The van der Waals surface area contributed by atoms with Gasteiger partial charge < -0.3 is 10.4 Å². The lowest BCUT2D eigenvalue weighted by Crippen LogP contribution is -2.46. The highest BCUT2D eigenvalue weighted by atomic mass is 79.9. The summed E-state index contributed by atoms with van der Waals surface area (Å²) in [7, 11) is 0. The summed E-state index contributed by atoms with van der Waals surface area (Å²) in [5.74, 6) is -0.0595. The highest BCUT2D eigenvalue weighted by Crippen LogP contribution is 2.22. The Kier molecular flexibility index (Phi) is 3.30. The van der Waals surface area contributed by atoms with Crippen molar-refractivity contribution < 1.29 is 9.90 Å². The summed E-state index contributed by atoms with van der Waals surface area (Å²) in [6, 6.07) is 5.70. The Hall–Kier alpha value is -0.870. The second-order valence-corrected chi connectivity index (χ2v) is 5.06. The van der Waals surface area contributed by atoms with Gasteiger partial charge in [0.05, 0.1) is 6.10 Å². The standard InChI is InChI=1S/C12H14BrNO2/c1-7-10(3-2-4-11(7)13)12(16)14-8-5-9(15)6-8/h2-4,8-9,15H,5-6H2,1H3,(H,14,16). The fourth-order valence-electron chi connectivity index (χ4n) is 1.82. The molecule has 0 heterocycles. The molecule has 2 N–H and O–H groups in total. The van der Waals surface area contributed by atoms with Crippen LogP contribution in [-0.2, 0) is 0 Å². The molecule has 0 aliphatic heterocycles. The Morgan fingerprint density at radius 2 is 2.19 bits per heavy atom. The third-order valence-corrected chi connectivity index (χ3v) is 3.82. The minimum Gasteiger partial charge on any atom is -0.393 e. The number of amides is 1. The highest BCUT2D eigenvalue weighted by molar-refractivity contribution is 9.10. The Balaban J connectivity index is 2.06. The van der Waals surface area contributed by atoms with Crippen molar-refractivity contribution in [3.8, 4) is 0 Å². The van der Waals surface area contributed by atoms with Crippen LogP contribution in [0.3, 0.4) is 0 Å². The van der Waals surface area contributed by atoms with Gasteiger partial charge in [-0.15, -0.1) is 0 Å². The molecule has 0 aromatic heterocycles. The number of carbonyl (C=O) groups is 1. The molecule has 4 heteroatoms. The molecular formula is C12H14BrNO2. The van der Waals surface area contributed by atoms with E-state index in [4.69, 9.17) is 5.11 Å². The van der Waals surface area contributed by atoms with Crippen LogP contribution in [0.2, 0.25) is 0 Å². The molecule has 1 saturated carbocycles. The van der Waals surface area contributed by atoms with Crippen molar-refractivity contribution in [3.05, 3.63) is 33.8 Å².